The summed E-state index contributed by atoms with van der Waals surface area (Å²) in [4.78, 5) is 23.8. The molecule has 0 unspecified atom stereocenters. The first kappa shape index (κ1) is 18.1. The Bertz CT molecular complexity index is 968. The topological polar surface area (TPSA) is 112 Å². The number of carbonyl (C=O) groups excluding carboxylic acids is 2. The number of benzene rings is 2. The standard InChI is InChI=1S/C18H16FN5O3/c1-27-18(26)12-4-8-14(9-5-12)21-17(25)15-16(20)24(23-22-15)10-11-2-6-13(19)7-3-11/h2-9H,10,20H2,1H3,(H,21,25). The molecular formula is C18H16FN5O3. The predicted molar refractivity (Wildman–Crippen MR) is 95.7 cm³/mol. The maximum absolute atomic E-state index is 13.0. The molecule has 0 saturated heterocycles. The Hall–Kier alpha value is -3.75. The van der Waals surface area contributed by atoms with Gasteiger partial charge in [0.15, 0.2) is 11.5 Å². The Labute approximate surface area is 153 Å². The lowest BCUT2D eigenvalue weighted by Gasteiger charge is -2.06. The molecule has 3 N–H and O–H groups in total. The molecule has 1 heterocycles. The summed E-state index contributed by atoms with van der Waals surface area (Å²) < 4.78 is 18.9. The molecule has 0 aliphatic carbocycles. The van der Waals surface area contributed by atoms with E-state index in [2.05, 4.69) is 20.4 Å². The van der Waals surface area contributed by atoms with Gasteiger partial charge < -0.3 is 15.8 Å². The highest BCUT2D eigenvalue weighted by molar-refractivity contribution is 6.05. The third-order valence-electron chi connectivity index (χ3n) is 3.80. The molecule has 0 aliphatic rings. The molecule has 1 amide bonds. The summed E-state index contributed by atoms with van der Waals surface area (Å²) in [5, 5.41) is 10.3. The lowest BCUT2D eigenvalue weighted by atomic mass is 10.2. The lowest BCUT2D eigenvalue weighted by Crippen LogP contribution is -2.15. The van der Waals surface area contributed by atoms with Gasteiger partial charge in [0.1, 0.15) is 5.82 Å². The number of esters is 1. The van der Waals surface area contributed by atoms with Crippen molar-refractivity contribution in [3.8, 4) is 0 Å². The summed E-state index contributed by atoms with van der Waals surface area (Å²) in [6.45, 7) is 0.250. The summed E-state index contributed by atoms with van der Waals surface area (Å²) in [6, 6.07) is 12.0. The van der Waals surface area contributed by atoms with Crippen molar-refractivity contribution in [2.75, 3.05) is 18.2 Å². The van der Waals surface area contributed by atoms with Crippen molar-refractivity contribution in [1.82, 2.24) is 15.0 Å². The highest BCUT2D eigenvalue weighted by atomic mass is 19.1. The zero-order chi connectivity index (χ0) is 19.4. The minimum Gasteiger partial charge on any atom is -0.465 e. The van der Waals surface area contributed by atoms with Crippen LogP contribution >= 0.6 is 0 Å². The highest BCUT2D eigenvalue weighted by Crippen LogP contribution is 2.15. The molecule has 0 bridgehead atoms. The molecule has 2 aromatic carbocycles. The van der Waals surface area contributed by atoms with E-state index >= 15 is 0 Å². The number of halogens is 1. The number of nitrogens with one attached hydrogen (secondary N) is 1. The molecule has 3 rings (SSSR count). The first-order chi connectivity index (χ1) is 13.0. The zero-order valence-corrected chi connectivity index (χ0v) is 14.3. The molecule has 0 saturated carbocycles. The van der Waals surface area contributed by atoms with Crippen LogP contribution in [-0.2, 0) is 11.3 Å². The molecule has 0 atom stereocenters. The van der Waals surface area contributed by atoms with Gasteiger partial charge in [-0.3, -0.25) is 4.79 Å². The highest BCUT2D eigenvalue weighted by Gasteiger charge is 2.18. The first-order valence-corrected chi connectivity index (χ1v) is 7.91. The molecule has 0 spiro atoms. The van der Waals surface area contributed by atoms with Gasteiger partial charge in [0.25, 0.3) is 5.91 Å². The second-order valence-electron chi connectivity index (χ2n) is 5.63. The first-order valence-electron chi connectivity index (χ1n) is 7.91. The summed E-state index contributed by atoms with van der Waals surface area (Å²) >= 11 is 0. The van der Waals surface area contributed by atoms with Crippen molar-refractivity contribution in [3.05, 3.63) is 71.2 Å². The Balaban J connectivity index is 1.71. The third kappa shape index (κ3) is 4.09. The summed E-state index contributed by atoms with van der Waals surface area (Å²) in [5.74, 6) is -1.27. The maximum atomic E-state index is 13.0. The van der Waals surface area contributed by atoms with Crippen molar-refractivity contribution in [1.29, 1.82) is 0 Å². The van der Waals surface area contributed by atoms with Crippen LogP contribution in [0.3, 0.4) is 0 Å². The van der Waals surface area contributed by atoms with E-state index in [-0.39, 0.29) is 23.9 Å². The van der Waals surface area contributed by atoms with Crippen molar-refractivity contribution in [2.24, 2.45) is 0 Å². The van der Waals surface area contributed by atoms with Crippen molar-refractivity contribution < 1.29 is 18.7 Å². The van der Waals surface area contributed by atoms with Crippen LogP contribution in [0.5, 0.6) is 0 Å². The van der Waals surface area contributed by atoms with E-state index in [1.807, 2.05) is 0 Å². The minimum atomic E-state index is -0.538. The molecule has 1 aromatic heterocycles. The molecule has 27 heavy (non-hydrogen) atoms. The number of nitrogens with two attached hydrogens (primary N) is 1. The molecule has 3 aromatic rings. The number of ether oxygens (including phenoxy) is 1. The average Bonchev–Trinajstić information content (AvgIpc) is 3.04. The number of hydrogen-bond acceptors (Lipinski definition) is 6. The van der Waals surface area contributed by atoms with E-state index in [0.29, 0.717) is 11.3 Å². The van der Waals surface area contributed by atoms with Crippen LogP contribution in [0.25, 0.3) is 0 Å². The van der Waals surface area contributed by atoms with Crippen LogP contribution in [0.4, 0.5) is 15.9 Å². The number of aromatic nitrogens is 3. The second-order valence-corrected chi connectivity index (χ2v) is 5.63. The summed E-state index contributed by atoms with van der Waals surface area (Å²) in [6.07, 6.45) is 0. The number of amides is 1. The molecule has 0 aliphatic heterocycles. The minimum absolute atomic E-state index is 0.0332. The van der Waals surface area contributed by atoms with E-state index in [4.69, 9.17) is 5.73 Å². The maximum Gasteiger partial charge on any atom is 0.337 e. The Morgan fingerprint density at radius 1 is 1.15 bits per heavy atom. The summed E-state index contributed by atoms with van der Waals surface area (Å²) in [7, 11) is 1.29. The fraction of sp³-hybridized carbons (Fsp3) is 0.111. The molecule has 138 valence electrons. The Morgan fingerprint density at radius 3 is 2.44 bits per heavy atom. The van der Waals surface area contributed by atoms with Crippen LogP contribution in [0.2, 0.25) is 0 Å². The van der Waals surface area contributed by atoms with E-state index in [1.165, 1.54) is 36.1 Å². The fourth-order valence-corrected chi connectivity index (χ4v) is 2.36. The average molecular weight is 369 g/mol. The SMILES string of the molecule is COC(=O)c1ccc(NC(=O)c2nnn(Cc3ccc(F)cc3)c2N)cc1. The van der Waals surface area contributed by atoms with Gasteiger partial charge in [-0.05, 0) is 42.0 Å². The molecule has 8 nitrogen and oxygen atoms in total. The number of methoxy groups -OCH3 is 1. The number of carbonyl (C=O) groups is 2. The van der Waals surface area contributed by atoms with E-state index in [1.54, 1.807) is 24.3 Å². The van der Waals surface area contributed by atoms with Gasteiger partial charge in [-0.25, -0.2) is 13.9 Å². The van der Waals surface area contributed by atoms with Gasteiger partial charge in [0.2, 0.25) is 0 Å². The van der Waals surface area contributed by atoms with E-state index in [9.17, 15) is 14.0 Å². The van der Waals surface area contributed by atoms with E-state index < -0.39 is 11.9 Å². The van der Waals surface area contributed by atoms with Gasteiger partial charge in [-0.15, -0.1) is 5.10 Å². The predicted octanol–water partition coefficient (Wildman–Crippen LogP) is 2.09. The van der Waals surface area contributed by atoms with Crippen molar-refractivity contribution in [2.45, 2.75) is 6.54 Å². The molecule has 0 radical (unpaired) electrons. The van der Waals surface area contributed by atoms with Gasteiger partial charge in [0, 0.05) is 5.69 Å². The second kappa shape index (κ2) is 7.65. The largest absolute Gasteiger partial charge is 0.465 e. The van der Waals surface area contributed by atoms with Crippen LogP contribution in [0.15, 0.2) is 48.5 Å². The van der Waals surface area contributed by atoms with Gasteiger partial charge in [0.05, 0.1) is 19.2 Å². The monoisotopic (exact) mass is 369 g/mol. The number of anilines is 2. The van der Waals surface area contributed by atoms with Crippen LogP contribution in [0, 0.1) is 5.82 Å². The van der Waals surface area contributed by atoms with Gasteiger partial charge in [-0.2, -0.15) is 0 Å². The van der Waals surface area contributed by atoms with Gasteiger partial charge >= 0.3 is 5.97 Å². The lowest BCUT2D eigenvalue weighted by molar-refractivity contribution is 0.0600. The number of hydrogen-bond donors (Lipinski definition) is 2. The quantitative estimate of drug-likeness (QED) is 0.666. The van der Waals surface area contributed by atoms with Crippen molar-refractivity contribution >= 4 is 23.4 Å². The molecule has 0 fully saturated rings. The Morgan fingerprint density at radius 2 is 1.81 bits per heavy atom. The smallest absolute Gasteiger partial charge is 0.337 e. The fourth-order valence-electron chi connectivity index (χ4n) is 2.36. The third-order valence-corrected chi connectivity index (χ3v) is 3.80. The number of nitrogen functional groups attached to an aromatic ring is 1. The normalized spacial score (nSPS) is 10.4. The van der Waals surface area contributed by atoms with Crippen LogP contribution in [-0.4, -0.2) is 34.0 Å². The zero-order valence-electron chi connectivity index (χ0n) is 14.3. The molecular weight excluding hydrogens is 353 g/mol. The number of nitrogens with zero attached hydrogens (tertiary/aromatic N) is 3. The summed E-state index contributed by atoms with van der Waals surface area (Å²) in [5.41, 5.74) is 7.51. The molecule has 9 heteroatoms. The van der Waals surface area contributed by atoms with Gasteiger partial charge in [-0.1, -0.05) is 17.3 Å². The van der Waals surface area contributed by atoms with Crippen LogP contribution < -0.4 is 11.1 Å². The Kier molecular flexibility index (Phi) is 5.11. The number of rotatable bonds is 5. The van der Waals surface area contributed by atoms with Crippen molar-refractivity contribution in [3.63, 3.8) is 0 Å². The van der Waals surface area contributed by atoms with Crippen LogP contribution in [0.1, 0.15) is 26.4 Å². The van der Waals surface area contributed by atoms with E-state index in [0.717, 1.165) is 5.56 Å².